The highest BCUT2D eigenvalue weighted by Crippen LogP contribution is 2.37. The molecule has 0 amide bonds. The van der Waals surface area contributed by atoms with Crippen LogP contribution in [0, 0.1) is 0 Å². The lowest BCUT2D eigenvalue weighted by atomic mass is 10.0. The first-order valence-electron chi connectivity index (χ1n) is 19.9. The van der Waals surface area contributed by atoms with Crippen LogP contribution in [0.2, 0.25) is 0 Å². The number of rotatable bonds is 8. The van der Waals surface area contributed by atoms with Gasteiger partial charge in [-0.25, -0.2) is 24.9 Å². The van der Waals surface area contributed by atoms with Crippen molar-refractivity contribution in [2.24, 2.45) is 0 Å². The molecule has 11 rings (SSSR count). The fourth-order valence-corrected chi connectivity index (χ4v) is 7.95. The van der Waals surface area contributed by atoms with E-state index >= 15 is 0 Å². The second kappa shape index (κ2) is 14.9. The monoisotopic (exact) mass is 769 g/mol. The first kappa shape index (κ1) is 34.9. The zero-order chi connectivity index (χ0) is 39.8. The minimum atomic E-state index is 0.573. The molecular weight excluding hydrogens is 735 g/mol. The van der Waals surface area contributed by atoms with Crippen LogP contribution < -0.4 is 0 Å². The Kier molecular flexibility index (Phi) is 8.67. The number of imidazole rings is 2. The molecule has 0 unspecified atom stereocenters. The van der Waals surface area contributed by atoms with Crippen molar-refractivity contribution in [1.82, 2.24) is 33.7 Å². The summed E-state index contributed by atoms with van der Waals surface area (Å²) < 4.78 is 4.30. The minimum absolute atomic E-state index is 0.573. The average Bonchev–Trinajstić information content (AvgIpc) is 3.92. The van der Waals surface area contributed by atoms with Gasteiger partial charge in [0.1, 0.15) is 11.3 Å². The summed E-state index contributed by atoms with van der Waals surface area (Å²) in [5.41, 5.74) is 14.6. The van der Waals surface area contributed by atoms with Crippen LogP contribution in [0.3, 0.4) is 0 Å². The molecule has 0 saturated carbocycles. The van der Waals surface area contributed by atoms with E-state index in [1.165, 1.54) is 0 Å². The van der Waals surface area contributed by atoms with Gasteiger partial charge >= 0.3 is 0 Å². The number of hydrogen-bond acceptors (Lipinski definition) is 5. The van der Waals surface area contributed by atoms with Crippen LogP contribution in [-0.4, -0.2) is 33.7 Å². The van der Waals surface area contributed by atoms with Crippen molar-refractivity contribution in [3.8, 4) is 90.3 Å². The highest BCUT2D eigenvalue weighted by molar-refractivity contribution is 5.85. The molecule has 5 aromatic heterocycles. The maximum absolute atomic E-state index is 5.23. The van der Waals surface area contributed by atoms with Gasteiger partial charge in [-0.2, -0.15) is 0 Å². The van der Waals surface area contributed by atoms with E-state index in [9.17, 15) is 0 Å². The molecule has 5 heterocycles. The third-order valence-corrected chi connectivity index (χ3v) is 10.8. The lowest BCUT2D eigenvalue weighted by Gasteiger charge is -2.12. The number of pyridine rings is 2. The van der Waals surface area contributed by atoms with Crippen molar-refractivity contribution in [2.75, 3.05) is 0 Å². The molecule has 0 saturated heterocycles. The fraction of sp³-hybridized carbons (Fsp3) is 0. The summed E-state index contributed by atoms with van der Waals surface area (Å²) in [6.45, 7) is 0. The summed E-state index contributed by atoms with van der Waals surface area (Å²) in [5.74, 6) is 1.73. The normalized spacial score (nSPS) is 11.3. The predicted molar refractivity (Wildman–Crippen MR) is 241 cm³/mol. The minimum Gasteiger partial charge on any atom is -0.299 e. The first-order valence-corrected chi connectivity index (χ1v) is 19.9. The van der Waals surface area contributed by atoms with Crippen LogP contribution in [0.4, 0.5) is 0 Å². The molecule has 0 fully saturated rings. The van der Waals surface area contributed by atoms with E-state index in [1.54, 1.807) is 0 Å². The summed E-state index contributed by atoms with van der Waals surface area (Å²) in [6.07, 6.45) is 4.13. The van der Waals surface area contributed by atoms with E-state index < -0.39 is 0 Å². The summed E-state index contributed by atoms with van der Waals surface area (Å²) in [4.78, 5) is 25.8. The third kappa shape index (κ3) is 6.40. The summed E-state index contributed by atoms with van der Waals surface area (Å²) in [5, 5.41) is 0. The standard InChI is InChI=1S/C53H35N7/c1-4-16-36(17-5-1)37-28-30-40(31-29-37)51-56-52(43-24-14-22-41(34-43)49-47(38-18-6-2-7-19-38)54-45-26-10-12-32-59(45)49)58-53(57-51)44-25-15-23-42(35-44)50-48(39-20-8-3-9-21-39)55-46-27-11-13-33-60(46)50/h1-35H. The topological polar surface area (TPSA) is 73.3 Å². The summed E-state index contributed by atoms with van der Waals surface area (Å²) in [6, 6.07) is 68.5. The maximum Gasteiger partial charge on any atom is 0.164 e. The number of aromatic nitrogens is 7. The zero-order valence-corrected chi connectivity index (χ0v) is 32.3. The third-order valence-electron chi connectivity index (χ3n) is 10.8. The molecule has 282 valence electrons. The Hall–Kier alpha value is -8.29. The van der Waals surface area contributed by atoms with Crippen molar-refractivity contribution in [3.05, 3.63) is 213 Å². The van der Waals surface area contributed by atoms with E-state index in [0.717, 1.165) is 84.1 Å². The van der Waals surface area contributed by atoms with Crippen molar-refractivity contribution < 1.29 is 0 Å². The molecule has 60 heavy (non-hydrogen) atoms. The van der Waals surface area contributed by atoms with Gasteiger partial charge in [-0.3, -0.25) is 8.80 Å². The van der Waals surface area contributed by atoms with Gasteiger partial charge in [0.05, 0.1) is 22.8 Å². The van der Waals surface area contributed by atoms with E-state index in [1.807, 2.05) is 78.9 Å². The maximum atomic E-state index is 5.23. The Morgan fingerprint density at radius 1 is 0.250 bits per heavy atom. The Labute approximate surface area is 346 Å². The van der Waals surface area contributed by atoms with Gasteiger partial charge in [0.15, 0.2) is 17.5 Å². The lowest BCUT2D eigenvalue weighted by Crippen LogP contribution is -2.01. The SMILES string of the molecule is c1ccc(-c2ccc(-c3nc(-c4cccc(-c5c(-c6ccccc6)nc6ccccn56)c4)nc(-c4cccc(-c5c(-c6ccccc6)nc6ccccn56)c4)n3)cc2)cc1. The van der Waals surface area contributed by atoms with Gasteiger partial charge < -0.3 is 0 Å². The average molecular weight is 770 g/mol. The molecular formula is C53H35N7. The number of hydrogen-bond donors (Lipinski definition) is 0. The molecule has 6 aromatic carbocycles. The Morgan fingerprint density at radius 2 is 0.600 bits per heavy atom. The molecule has 0 radical (unpaired) electrons. The molecule has 0 aliphatic heterocycles. The molecule has 0 atom stereocenters. The van der Waals surface area contributed by atoms with Gasteiger partial charge in [0, 0.05) is 51.3 Å². The molecule has 0 spiro atoms. The van der Waals surface area contributed by atoms with Gasteiger partial charge in [-0.15, -0.1) is 0 Å². The highest BCUT2D eigenvalue weighted by Gasteiger charge is 2.20. The van der Waals surface area contributed by atoms with Crippen LogP contribution in [0.5, 0.6) is 0 Å². The van der Waals surface area contributed by atoms with Crippen LogP contribution in [0.1, 0.15) is 0 Å². The summed E-state index contributed by atoms with van der Waals surface area (Å²) in [7, 11) is 0. The number of nitrogens with zero attached hydrogens (tertiary/aromatic N) is 7. The molecule has 0 aliphatic carbocycles. The Balaban J connectivity index is 1.08. The summed E-state index contributed by atoms with van der Waals surface area (Å²) >= 11 is 0. The quantitative estimate of drug-likeness (QED) is 0.154. The smallest absolute Gasteiger partial charge is 0.164 e. The number of benzene rings is 6. The van der Waals surface area contributed by atoms with Crippen molar-refractivity contribution in [1.29, 1.82) is 0 Å². The molecule has 7 nitrogen and oxygen atoms in total. The van der Waals surface area contributed by atoms with Crippen molar-refractivity contribution in [3.63, 3.8) is 0 Å². The van der Waals surface area contributed by atoms with Crippen LogP contribution in [0.25, 0.3) is 102 Å². The molecule has 0 N–H and O–H groups in total. The van der Waals surface area contributed by atoms with Crippen LogP contribution in [-0.2, 0) is 0 Å². The van der Waals surface area contributed by atoms with Crippen LogP contribution in [0.15, 0.2) is 213 Å². The number of fused-ring (bicyclic) bond motifs is 2. The van der Waals surface area contributed by atoms with Gasteiger partial charge in [0.2, 0.25) is 0 Å². The second-order valence-electron chi connectivity index (χ2n) is 14.6. The van der Waals surface area contributed by atoms with E-state index in [4.69, 9.17) is 24.9 Å². The lowest BCUT2D eigenvalue weighted by molar-refractivity contribution is 1.07. The molecule has 11 aromatic rings. The largest absolute Gasteiger partial charge is 0.299 e. The van der Waals surface area contributed by atoms with Gasteiger partial charge in [-0.05, 0) is 47.5 Å². The predicted octanol–water partition coefficient (Wildman–Crippen LogP) is 12.5. The first-order chi connectivity index (χ1) is 29.7. The highest BCUT2D eigenvalue weighted by atomic mass is 15.0. The van der Waals surface area contributed by atoms with E-state index in [2.05, 4.69) is 143 Å². The van der Waals surface area contributed by atoms with Gasteiger partial charge in [0.25, 0.3) is 0 Å². The van der Waals surface area contributed by atoms with Gasteiger partial charge in [-0.1, -0.05) is 164 Å². The van der Waals surface area contributed by atoms with E-state index in [0.29, 0.717) is 17.5 Å². The Morgan fingerprint density at radius 3 is 1.07 bits per heavy atom. The van der Waals surface area contributed by atoms with Crippen molar-refractivity contribution in [2.45, 2.75) is 0 Å². The van der Waals surface area contributed by atoms with Crippen LogP contribution >= 0.6 is 0 Å². The second-order valence-corrected chi connectivity index (χ2v) is 14.6. The fourth-order valence-electron chi connectivity index (χ4n) is 7.95. The molecule has 7 heteroatoms. The van der Waals surface area contributed by atoms with Crippen molar-refractivity contribution >= 4 is 11.3 Å². The molecule has 0 bridgehead atoms. The Bertz CT molecular complexity index is 3120. The zero-order valence-electron chi connectivity index (χ0n) is 32.3. The molecule has 0 aliphatic rings. The van der Waals surface area contributed by atoms with E-state index in [-0.39, 0.29) is 0 Å².